The summed E-state index contributed by atoms with van der Waals surface area (Å²) in [4.78, 5) is 0. The molecule has 0 saturated carbocycles. The number of para-hydroxylation sites is 5. The van der Waals surface area contributed by atoms with Crippen molar-refractivity contribution in [1.82, 2.24) is 0 Å². The summed E-state index contributed by atoms with van der Waals surface area (Å²) in [5.74, 6) is 3.67. The van der Waals surface area contributed by atoms with Crippen LogP contribution in [0, 0.1) is 13.8 Å². The number of benzene rings is 10. The molecule has 5 nitrogen and oxygen atoms in total. The molecule has 0 N–H and O–H groups in total. The summed E-state index contributed by atoms with van der Waals surface area (Å²) >= 11 is 11.2. The van der Waals surface area contributed by atoms with Gasteiger partial charge in [0.15, 0.2) is 11.5 Å². The van der Waals surface area contributed by atoms with E-state index in [0.29, 0.717) is 6.79 Å². The number of ether oxygens (including phenoxy) is 4. The van der Waals surface area contributed by atoms with Crippen molar-refractivity contribution in [3.63, 3.8) is 0 Å². The molecule has 542 valence electrons. The molecule has 10 heteroatoms. The highest BCUT2D eigenvalue weighted by Crippen LogP contribution is 2.30. The number of hydrogen-bond donors (Lipinski definition) is 0. The summed E-state index contributed by atoms with van der Waals surface area (Å²) in [7, 11) is 1.66. The Kier molecular flexibility index (Phi) is 79.7. The van der Waals surface area contributed by atoms with Gasteiger partial charge in [0.2, 0.25) is 6.79 Å². The van der Waals surface area contributed by atoms with E-state index in [9.17, 15) is 13.2 Å². The zero-order chi connectivity index (χ0) is 76.0. The van der Waals surface area contributed by atoms with Crippen LogP contribution in [0.4, 0.5) is 13.2 Å². The van der Waals surface area contributed by atoms with Crippen molar-refractivity contribution in [3.8, 4) is 23.0 Å². The summed E-state index contributed by atoms with van der Waals surface area (Å²) < 4.78 is 60.8. The SMILES string of the molecule is C=Cc1ccccc1.CC.CC.CC.CC.CC.CC.CC.CC.CC.COc1ccccc1.Cc1ccccc1.Cc1ccccc1Cl.Clc1ccccc1.FC(F)(F)c1ccccc1.c1ccc2c(c1)CCO2.c1ccc2c(c1)OCO2.c1ccc2occc2c1.c1ccccc1. The van der Waals surface area contributed by atoms with Gasteiger partial charge in [0.1, 0.15) is 17.1 Å². The molecule has 0 amide bonds. The zero-order valence-electron chi connectivity index (χ0n) is 63.6. The van der Waals surface area contributed by atoms with Crippen molar-refractivity contribution >= 4 is 40.2 Å². The number of halogens is 5. The van der Waals surface area contributed by atoms with Crippen molar-refractivity contribution in [2.45, 2.75) is 151 Å². The molecule has 0 bridgehead atoms. The van der Waals surface area contributed by atoms with E-state index in [1.54, 1.807) is 19.4 Å². The summed E-state index contributed by atoms with van der Waals surface area (Å²) in [6.07, 6.45) is 0.405. The lowest BCUT2D eigenvalue weighted by atomic mass is 10.2. The lowest BCUT2D eigenvalue weighted by molar-refractivity contribution is -0.137. The Balaban J connectivity index is -0.000000237. The van der Waals surface area contributed by atoms with Gasteiger partial charge in [0.25, 0.3) is 0 Å². The first-order valence-electron chi connectivity index (χ1n) is 34.8. The van der Waals surface area contributed by atoms with Gasteiger partial charge in [0.05, 0.1) is 25.5 Å². The monoisotopic (exact) mass is 1400 g/mol. The topological polar surface area (TPSA) is 50.1 Å². The molecule has 3 heterocycles. The lowest BCUT2D eigenvalue weighted by Gasteiger charge is -2.03. The van der Waals surface area contributed by atoms with Gasteiger partial charge in [-0.05, 0) is 91.2 Å². The fraction of sp³-hybridized carbons (Fsp3) is 0.281. The lowest BCUT2D eigenvalue weighted by Crippen LogP contribution is -2.03. The molecule has 0 radical (unpaired) electrons. The third kappa shape index (κ3) is 56.7. The average Bonchev–Trinajstić information content (AvgIpc) is 1.75. The summed E-state index contributed by atoms with van der Waals surface area (Å²) in [6.45, 7) is 44.9. The number of fused-ring (bicyclic) bond motifs is 3. The molecule has 2 aliphatic heterocycles. The van der Waals surface area contributed by atoms with Gasteiger partial charge >= 0.3 is 6.18 Å². The Morgan fingerprint density at radius 3 is 1.09 bits per heavy atom. The van der Waals surface area contributed by atoms with Crippen LogP contribution in [0.25, 0.3) is 17.0 Å². The highest BCUT2D eigenvalue weighted by atomic mass is 35.5. The Bertz CT molecular complexity index is 3090. The molecule has 11 aromatic rings. The van der Waals surface area contributed by atoms with E-state index in [4.69, 9.17) is 46.6 Å². The average molecular weight is 1400 g/mol. The first-order valence-corrected chi connectivity index (χ1v) is 35.5. The molecule has 1 aromatic heterocycles. The number of furan rings is 1. The molecule has 2 aliphatic rings. The van der Waals surface area contributed by atoms with E-state index >= 15 is 0 Å². The van der Waals surface area contributed by atoms with Crippen LogP contribution in [-0.2, 0) is 12.6 Å². The van der Waals surface area contributed by atoms with Gasteiger partial charge in [0, 0.05) is 21.9 Å². The molecule has 13 rings (SSSR count). The molecular formula is C89H121Cl2F3O5. The van der Waals surface area contributed by atoms with Crippen LogP contribution >= 0.6 is 23.2 Å². The second-order valence-corrected chi connectivity index (χ2v) is 17.7. The van der Waals surface area contributed by atoms with Gasteiger partial charge in [-0.1, -0.05) is 397 Å². The Morgan fingerprint density at radius 2 is 0.758 bits per heavy atom. The second kappa shape index (κ2) is 78.1. The summed E-state index contributed by atoms with van der Waals surface area (Å²) in [5, 5.41) is 2.80. The molecule has 0 spiro atoms. The fourth-order valence-electron chi connectivity index (χ4n) is 6.53. The minimum atomic E-state index is -4.21. The second-order valence-electron chi connectivity index (χ2n) is 16.9. The van der Waals surface area contributed by atoms with Gasteiger partial charge in [-0.25, -0.2) is 0 Å². The maximum Gasteiger partial charge on any atom is 0.416 e. The number of rotatable bonds is 2. The van der Waals surface area contributed by atoms with Crippen LogP contribution in [0.2, 0.25) is 10.0 Å². The van der Waals surface area contributed by atoms with Crippen LogP contribution in [0.15, 0.2) is 308 Å². The first-order chi connectivity index (χ1) is 48.5. The Morgan fingerprint density at radius 1 is 0.394 bits per heavy atom. The van der Waals surface area contributed by atoms with Crippen molar-refractivity contribution in [3.05, 3.63) is 342 Å². The maximum absolute atomic E-state index is 11.8. The molecule has 0 atom stereocenters. The molecule has 0 saturated heterocycles. The highest BCUT2D eigenvalue weighted by Gasteiger charge is 2.29. The standard InChI is InChI=1S/C8H8O.C8H6O.C8H8.C7H7Cl.C7H5F3.C7H6O2.C7H8O.C7H8.C6H5Cl.C6H6.9C2H6/c2*1-2-4-8-7(3-1)5-6-9-8;1-2-8-6-4-3-5-7-8;1-6-4-2-3-5-7(6)8;8-7(9,10)6-4-2-1-3-5-6;1-2-4-7-6(3-1)8-5-9-7;1-8-7-5-3-2-4-6-7;1-7-5-3-2-4-6-7;7-6-4-2-1-3-5-6;1-2-4-6-5-3-1;9*1-2/h1-4H,5-6H2;1-6H;2-7H,1H2;2-5H,1H3;1-5H;1-4H,5H2;2-6H,1H3;2-6H,1H3;1-5H;1-6H;9*1-2H3. The minimum Gasteiger partial charge on any atom is -0.497 e. The van der Waals surface area contributed by atoms with Gasteiger partial charge in [-0.2, -0.15) is 13.2 Å². The summed E-state index contributed by atoms with van der Waals surface area (Å²) in [5.41, 5.74) is 5.33. The van der Waals surface area contributed by atoms with Gasteiger partial charge < -0.3 is 23.4 Å². The molecule has 0 aliphatic carbocycles. The van der Waals surface area contributed by atoms with Crippen molar-refractivity contribution in [2.75, 3.05) is 20.5 Å². The van der Waals surface area contributed by atoms with E-state index in [1.807, 2.05) is 380 Å². The highest BCUT2D eigenvalue weighted by molar-refractivity contribution is 6.31. The number of hydrogen-bond acceptors (Lipinski definition) is 5. The van der Waals surface area contributed by atoms with Crippen molar-refractivity contribution in [1.29, 1.82) is 0 Å². The van der Waals surface area contributed by atoms with Crippen LogP contribution in [0.5, 0.6) is 23.0 Å². The van der Waals surface area contributed by atoms with E-state index in [-0.39, 0.29) is 0 Å². The van der Waals surface area contributed by atoms with Crippen LogP contribution < -0.4 is 18.9 Å². The molecule has 99 heavy (non-hydrogen) atoms. The third-order valence-electron chi connectivity index (χ3n) is 10.8. The van der Waals surface area contributed by atoms with Crippen molar-refractivity contribution in [2.24, 2.45) is 0 Å². The normalized spacial score (nSPS) is 9.07. The largest absolute Gasteiger partial charge is 0.497 e. The predicted octanol–water partition coefficient (Wildman–Crippen LogP) is 30.1. The van der Waals surface area contributed by atoms with Crippen LogP contribution in [0.3, 0.4) is 0 Å². The molecular weight excluding hydrogens is 1280 g/mol. The number of aryl methyl sites for hydroxylation is 2. The first kappa shape index (κ1) is 101. The minimum absolute atomic E-state index is 0.360. The van der Waals surface area contributed by atoms with E-state index in [2.05, 4.69) is 31.7 Å². The number of alkyl halides is 3. The molecule has 10 aromatic carbocycles. The van der Waals surface area contributed by atoms with Crippen LogP contribution in [0.1, 0.15) is 152 Å². The Hall–Kier alpha value is -8.95. The number of methoxy groups -OCH3 is 1. The van der Waals surface area contributed by atoms with Crippen molar-refractivity contribution < 1.29 is 36.5 Å². The van der Waals surface area contributed by atoms with E-state index < -0.39 is 11.7 Å². The van der Waals surface area contributed by atoms with Crippen LogP contribution in [-0.4, -0.2) is 20.5 Å². The molecule has 0 fully saturated rings. The zero-order valence-corrected chi connectivity index (χ0v) is 65.1. The smallest absolute Gasteiger partial charge is 0.416 e. The third-order valence-corrected chi connectivity index (χ3v) is 11.4. The Labute approximate surface area is 609 Å². The quantitative estimate of drug-likeness (QED) is 0.173. The fourth-order valence-corrected chi connectivity index (χ4v) is 6.81. The molecule has 0 unspecified atom stereocenters. The van der Waals surface area contributed by atoms with E-state index in [1.165, 1.54) is 28.8 Å². The predicted molar refractivity (Wildman–Crippen MR) is 433 cm³/mol. The van der Waals surface area contributed by atoms with Gasteiger partial charge in [-0.3, -0.25) is 0 Å². The van der Waals surface area contributed by atoms with E-state index in [0.717, 1.165) is 74.7 Å². The maximum atomic E-state index is 11.8. The van der Waals surface area contributed by atoms with Gasteiger partial charge in [-0.15, -0.1) is 0 Å². The summed E-state index contributed by atoms with van der Waals surface area (Å²) in [6, 6.07) is 91.3.